The number of aliphatic hydroxyl groups is 1. The first-order valence-corrected chi connectivity index (χ1v) is 8.15. The first kappa shape index (κ1) is 19.3. The molecule has 0 aliphatic rings. The summed E-state index contributed by atoms with van der Waals surface area (Å²) in [6.07, 6.45) is -1.00. The van der Waals surface area contributed by atoms with E-state index in [0.717, 1.165) is 0 Å². The third-order valence-corrected chi connectivity index (χ3v) is 3.59. The number of nitrogens with one attached hydrogen (secondary N) is 2. The second-order valence-corrected chi connectivity index (χ2v) is 5.43. The van der Waals surface area contributed by atoms with E-state index in [1.807, 2.05) is 0 Å². The Morgan fingerprint density at radius 1 is 1.08 bits per heavy atom. The second-order valence-electron chi connectivity index (χ2n) is 5.43. The molecule has 0 bridgehead atoms. The number of amides is 1. The van der Waals surface area contributed by atoms with Crippen molar-refractivity contribution in [1.82, 2.24) is 0 Å². The summed E-state index contributed by atoms with van der Waals surface area (Å²) in [6, 6.07) is 13.7. The van der Waals surface area contributed by atoms with Crippen LogP contribution in [-0.2, 0) is 9.53 Å². The number of hydrogen-bond acceptors (Lipinski definition) is 6. The molecule has 1 amide bonds. The molecule has 0 heterocycles. The molecule has 0 aliphatic heterocycles. The zero-order valence-electron chi connectivity index (χ0n) is 14.7. The van der Waals surface area contributed by atoms with Crippen LogP contribution in [0.25, 0.3) is 0 Å². The van der Waals surface area contributed by atoms with Gasteiger partial charge in [0.1, 0.15) is 5.75 Å². The molecule has 0 fully saturated rings. The zero-order valence-corrected chi connectivity index (χ0v) is 14.7. The largest absolute Gasteiger partial charge is 0.495 e. The third kappa shape index (κ3) is 4.97. The van der Waals surface area contributed by atoms with Crippen molar-refractivity contribution in [2.24, 2.45) is 0 Å². The molecule has 138 valence electrons. The minimum absolute atomic E-state index is 0.0684. The van der Waals surface area contributed by atoms with Crippen molar-refractivity contribution < 1.29 is 24.2 Å². The number of benzene rings is 2. The highest BCUT2D eigenvalue weighted by atomic mass is 16.5. The van der Waals surface area contributed by atoms with Crippen molar-refractivity contribution in [3.63, 3.8) is 0 Å². The Bertz CT molecular complexity index is 763. The molecule has 0 saturated heterocycles. The van der Waals surface area contributed by atoms with Gasteiger partial charge in [-0.25, -0.2) is 4.79 Å². The van der Waals surface area contributed by atoms with Crippen molar-refractivity contribution in [2.45, 2.75) is 13.0 Å². The summed E-state index contributed by atoms with van der Waals surface area (Å²) in [5.74, 6) is -0.588. The van der Waals surface area contributed by atoms with E-state index >= 15 is 0 Å². The molecule has 1 atom stereocenters. The van der Waals surface area contributed by atoms with Gasteiger partial charge in [-0.15, -0.1) is 0 Å². The average molecular weight is 358 g/mol. The SMILES string of the molecule is COc1ccccc1NC(=O)C(C)OC(=O)c1ccccc1NCCO. The second kappa shape index (κ2) is 9.43. The molecular weight excluding hydrogens is 336 g/mol. The van der Waals surface area contributed by atoms with Crippen molar-refractivity contribution >= 4 is 23.3 Å². The summed E-state index contributed by atoms with van der Waals surface area (Å²) in [7, 11) is 1.50. The molecule has 7 nitrogen and oxygen atoms in total. The summed E-state index contributed by atoms with van der Waals surface area (Å²) in [5.41, 5.74) is 1.31. The molecule has 26 heavy (non-hydrogen) atoms. The Balaban J connectivity index is 2.03. The average Bonchev–Trinajstić information content (AvgIpc) is 2.66. The van der Waals surface area contributed by atoms with Crippen LogP contribution in [0.1, 0.15) is 17.3 Å². The fourth-order valence-corrected chi connectivity index (χ4v) is 2.27. The monoisotopic (exact) mass is 358 g/mol. The van der Waals surface area contributed by atoms with Crippen LogP contribution < -0.4 is 15.4 Å². The minimum atomic E-state index is -1.00. The van der Waals surface area contributed by atoms with E-state index in [0.29, 0.717) is 23.7 Å². The Kier molecular flexibility index (Phi) is 6.99. The predicted molar refractivity (Wildman–Crippen MR) is 98.5 cm³/mol. The van der Waals surface area contributed by atoms with Gasteiger partial charge in [0, 0.05) is 12.2 Å². The molecule has 1 unspecified atom stereocenters. The zero-order chi connectivity index (χ0) is 18.9. The molecular formula is C19H22N2O5. The van der Waals surface area contributed by atoms with E-state index in [2.05, 4.69) is 10.6 Å². The van der Waals surface area contributed by atoms with Crippen molar-refractivity contribution in [3.05, 3.63) is 54.1 Å². The number of carbonyl (C=O) groups excluding carboxylic acids is 2. The smallest absolute Gasteiger partial charge is 0.341 e. The number of ether oxygens (including phenoxy) is 2. The van der Waals surface area contributed by atoms with Gasteiger partial charge in [0.05, 0.1) is 25.0 Å². The Morgan fingerprint density at radius 3 is 2.42 bits per heavy atom. The van der Waals surface area contributed by atoms with Crippen LogP contribution in [0, 0.1) is 0 Å². The van der Waals surface area contributed by atoms with Gasteiger partial charge in [0.15, 0.2) is 6.10 Å². The summed E-state index contributed by atoms with van der Waals surface area (Å²) in [5, 5.41) is 14.5. The number of aliphatic hydroxyl groups excluding tert-OH is 1. The first-order chi connectivity index (χ1) is 12.6. The molecule has 0 aliphatic carbocycles. The highest BCUT2D eigenvalue weighted by Crippen LogP contribution is 2.23. The number of hydrogen-bond donors (Lipinski definition) is 3. The number of anilines is 2. The lowest BCUT2D eigenvalue weighted by Gasteiger charge is -2.16. The van der Waals surface area contributed by atoms with Gasteiger partial charge >= 0.3 is 5.97 Å². The predicted octanol–water partition coefficient (Wildman–Crippen LogP) is 2.28. The third-order valence-electron chi connectivity index (χ3n) is 3.59. The number of rotatable bonds is 8. The maximum Gasteiger partial charge on any atom is 0.341 e. The Hall–Kier alpha value is -3.06. The summed E-state index contributed by atoms with van der Waals surface area (Å²) < 4.78 is 10.4. The van der Waals surface area contributed by atoms with Crippen LogP contribution >= 0.6 is 0 Å². The van der Waals surface area contributed by atoms with Gasteiger partial charge in [0.2, 0.25) is 0 Å². The molecule has 0 saturated carbocycles. The minimum Gasteiger partial charge on any atom is -0.495 e. The normalized spacial score (nSPS) is 11.3. The van der Waals surface area contributed by atoms with Crippen LogP contribution in [0.15, 0.2) is 48.5 Å². The fourth-order valence-electron chi connectivity index (χ4n) is 2.27. The van der Waals surface area contributed by atoms with Gasteiger partial charge in [-0.1, -0.05) is 24.3 Å². The lowest BCUT2D eigenvalue weighted by atomic mass is 10.1. The number of carbonyl (C=O) groups is 2. The van der Waals surface area contributed by atoms with Gasteiger partial charge in [0.25, 0.3) is 5.91 Å². The summed E-state index contributed by atoms with van der Waals surface area (Å²) in [4.78, 5) is 24.7. The van der Waals surface area contributed by atoms with E-state index in [9.17, 15) is 9.59 Å². The van der Waals surface area contributed by atoms with Crippen LogP contribution in [0.2, 0.25) is 0 Å². The number of methoxy groups -OCH3 is 1. The molecule has 2 aromatic rings. The van der Waals surface area contributed by atoms with Crippen LogP contribution in [-0.4, -0.2) is 43.3 Å². The highest BCUT2D eigenvalue weighted by Gasteiger charge is 2.21. The summed E-state index contributed by atoms with van der Waals surface area (Å²) in [6.45, 7) is 1.72. The van der Waals surface area contributed by atoms with Crippen LogP contribution in [0.3, 0.4) is 0 Å². The first-order valence-electron chi connectivity index (χ1n) is 8.15. The molecule has 0 spiro atoms. The Morgan fingerprint density at radius 2 is 1.73 bits per heavy atom. The van der Waals surface area contributed by atoms with Crippen LogP contribution in [0.4, 0.5) is 11.4 Å². The van der Waals surface area contributed by atoms with E-state index < -0.39 is 18.0 Å². The standard InChI is InChI=1S/C19H22N2O5/c1-13(18(23)21-16-9-5-6-10-17(16)25-2)26-19(24)14-7-3-4-8-15(14)20-11-12-22/h3-10,13,20,22H,11-12H2,1-2H3,(H,21,23). The highest BCUT2D eigenvalue weighted by molar-refractivity contribution is 6.00. The molecule has 0 aromatic heterocycles. The maximum absolute atomic E-state index is 12.4. The van der Waals surface area contributed by atoms with Gasteiger partial charge in [-0.2, -0.15) is 0 Å². The topological polar surface area (TPSA) is 96.9 Å². The van der Waals surface area contributed by atoms with Gasteiger partial charge in [-0.05, 0) is 31.2 Å². The molecule has 2 rings (SSSR count). The van der Waals surface area contributed by atoms with Gasteiger partial charge in [-0.3, -0.25) is 4.79 Å². The van der Waals surface area contributed by atoms with E-state index in [1.54, 1.807) is 48.5 Å². The van der Waals surface area contributed by atoms with E-state index in [-0.39, 0.29) is 12.2 Å². The van der Waals surface area contributed by atoms with E-state index in [4.69, 9.17) is 14.6 Å². The quantitative estimate of drug-likeness (QED) is 0.627. The Labute approximate surface area is 151 Å². The van der Waals surface area contributed by atoms with E-state index in [1.165, 1.54) is 14.0 Å². The lowest BCUT2D eigenvalue weighted by molar-refractivity contribution is -0.123. The van der Waals surface area contributed by atoms with Crippen molar-refractivity contribution in [2.75, 3.05) is 30.9 Å². The lowest BCUT2D eigenvalue weighted by Crippen LogP contribution is -2.30. The molecule has 0 radical (unpaired) electrons. The fraction of sp³-hybridized carbons (Fsp3) is 0.263. The van der Waals surface area contributed by atoms with Crippen molar-refractivity contribution in [1.29, 1.82) is 0 Å². The summed E-state index contributed by atoms with van der Waals surface area (Å²) >= 11 is 0. The van der Waals surface area contributed by atoms with Gasteiger partial charge < -0.3 is 25.2 Å². The van der Waals surface area contributed by atoms with Crippen LogP contribution in [0.5, 0.6) is 5.75 Å². The molecule has 7 heteroatoms. The number of para-hydroxylation sites is 3. The molecule has 2 aromatic carbocycles. The number of esters is 1. The molecule has 3 N–H and O–H groups in total. The maximum atomic E-state index is 12.4. The van der Waals surface area contributed by atoms with Crippen molar-refractivity contribution in [3.8, 4) is 5.75 Å².